The summed E-state index contributed by atoms with van der Waals surface area (Å²) in [5.41, 5.74) is 1.97. The van der Waals surface area contributed by atoms with Crippen molar-refractivity contribution in [2.24, 2.45) is 11.3 Å². The highest BCUT2D eigenvalue weighted by Crippen LogP contribution is 2.59. The first-order valence-corrected chi connectivity index (χ1v) is 11.5. The van der Waals surface area contributed by atoms with Crippen molar-refractivity contribution in [3.05, 3.63) is 63.6 Å². The van der Waals surface area contributed by atoms with Gasteiger partial charge in [-0.3, -0.25) is 4.79 Å². The van der Waals surface area contributed by atoms with Gasteiger partial charge in [-0.1, -0.05) is 48.3 Å². The Bertz CT molecular complexity index is 943. The summed E-state index contributed by atoms with van der Waals surface area (Å²) in [5, 5.41) is 4.66. The number of hydrogen-bond donors (Lipinski definition) is 1. The van der Waals surface area contributed by atoms with Crippen LogP contribution in [0.25, 0.3) is 0 Å². The van der Waals surface area contributed by atoms with Crippen molar-refractivity contribution >= 4 is 29.1 Å². The minimum Gasteiger partial charge on any atom is -0.491 e. The van der Waals surface area contributed by atoms with Crippen LogP contribution < -0.4 is 10.1 Å². The van der Waals surface area contributed by atoms with E-state index in [-0.39, 0.29) is 41.2 Å². The second kappa shape index (κ2) is 8.09. The molecule has 0 unspecified atom stereocenters. The van der Waals surface area contributed by atoms with Crippen molar-refractivity contribution in [2.45, 2.75) is 64.5 Å². The zero-order valence-corrected chi connectivity index (χ0v) is 19.4. The Kier molecular flexibility index (Phi) is 5.80. The van der Waals surface area contributed by atoms with Gasteiger partial charge < -0.3 is 10.1 Å². The molecule has 0 radical (unpaired) electrons. The average molecular weight is 446 g/mol. The quantitative estimate of drug-likeness (QED) is 0.576. The average Bonchev–Trinajstić information content (AvgIpc) is 2.91. The monoisotopic (exact) mass is 445 g/mol. The Morgan fingerprint density at radius 2 is 1.83 bits per heavy atom. The summed E-state index contributed by atoms with van der Waals surface area (Å²) in [5.74, 6) is 1.54. The lowest BCUT2D eigenvalue weighted by molar-refractivity contribution is -0.129. The molecule has 2 aliphatic rings. The van der Waals surface area contributed by atoms with E-state index in [1.807, 2.05) is 38.1 Å². The molecule has 0 bridgehead atoms. The van der Waals surface area contributed by atoms with Gasteiger partial charge in [0.05, 0.1) is 11.5 Å². The molecule has 1 saturated carbocycles. The summed E-state index contributed by atoms with van der Waals surface area (Å²) in [6, 6.07) is 14.2. The molecule has 30 heavy (non-hydrogen) atoms. The molecule has 4 rings (SSSR count). The first-order valence-electron chi connectivity index (χ1n) is 10.7. The van der Waals surface area contributed by atoms with Gasteiger partial charge in [-0.25, -0.2) is 0 Å². The lowest BCUT2D eigenvalue weighted by atomic mass is 9.56. The van der Waals surface area contributed by atoms with Gasteiger partial charge in [0, 0.05) is 22.0 Å². The maximum Gasteiger partial charge on any atom is 0.226 e. The van der Waals surface area contributed by atoms with Crippen LogP contribution in [0, 0.1) is 11.3 Å². The fourth-order valence-electron chi connectivity index (χ4n) is 5.66. The largest absolute Gasteiger partial charge is 0.491 e. The third-order valence-electron chi connectivity index (χ3n) is 6.95. The van der Waals surface area contributed by atoms with Crippen molar-refractivity contribution in [2.75, 3.05) is 0 Å². The highest BCUT2D eigenvalue weighted by Gasteiger charge is 2.57. The molecule has 1 aliphatic heterocycles. The summed E-state index contributed by atoms with van der Waals surface area (Å²) in [6.07, 6.45) is 1.86. The predicted molar refractivity (Wildman–Crippen MR) is 123 cm³/mol. The summed E-state index contributed by atoms with van der Waals surface area (Å²) in [6.45, 7) is 8.26. The smallest absolute Gasteiger partial charge is 0.226 e. The Labute approximate surface area is 189 Å². The first kappa shape index (κ1) is 21.5. The van der Waals surface area contributed by atoms with Crippen LogP contribution in [0.15, 0.2) is 42.5 Å². The minimum atomic E-state index is -0.368. The molecule has 1 N–H and O–H groups in total. The maximum atomic E-state index is 12.9. The molecular formula is C25H29Cl2NO2. The number of hydrogen-bond acceptors (Lipinski definition) is 2. The van der Waals surface area contributed by atoms with E-state index in [0.717, 1.165) is 34.2 Å². The van der Waals surface area contributed by atoms with Gasteiger partial charge in [0.25, 0.3) is 0 Å². The number of amides is 1. The van der Waals surface area contributed by atoms with Gasteiger partial charge in [-0.15, -0.1) is 0 Å². The van der Waals surface area contributed by atoms with E-state index in [9.17, 15) is 4.79 Å². The molecule has 0 spiro atoms. The van der Waals surface area contributed by atoms with Crippen LogP contribution >= 0.6 is 23.2 Å². The number of fused-ring (bicyclic) bond motifs is 1. The summed E-state index contributed by atoms with van der Waals surface area (Å²) >= 11 is 13.0. The number of nitrogens with one attached hydrogen (secondary N) is 1. The van der Waals surface area contributed by atoms with E-state index in [4.69, 9.17) is 27.9 Å². The highest BCUT2D eigenvalue weighted by molar-refractivity contribution is 6.31. The van der Waals surface area contributed by atoms with Crippen LogP contribution in [0.4, 0.5) is 0 Å². The lowest BCUT2D eigenvalue weighted by Crippen LogP contribution is -2.42. The standard InChI is InChI=1S/C25H29Cl2NO2/c1-14(2)30-18-9-10-19(21(27)13-18)20-11-12-25(4)23(15(3)28-24(25)29)22(20)16-5-7-17(26)8-6-16/h5-10,13-15,20,22-23H,11-12H2,1-4H3,(H,28,29)/t15-,20+,22+,23+,25-/m1/s1. The third-order valence-corrected chi connectivity index (χ3v) is 7.52. The molecule has 2 aromatic carbocycles. The second-order valence-corrected chi connectivity index (χ2v) is 10.1. The molecule has 5 atom stereocenters. The van der Waals surface area contributed by atoms with E-state index < -0.39 is 0 Å². The molecule has 2 fully saturated rings. The topological polar surface area (TPSA) is 38.3 Å². The van der Waals surface area contributed by atoms with Crippen molar-refractivity contribution in [1.82, 2.24) is 5.32 Å². The molecule has 1 saturated heterocycles. The van der Waals surface area contributed by atoms with Gasteiger partial charge in [0.15, 0.2) is 0 Å². The Morgan fingerprint density at radius 1 is 1.13 bits per heavy atom. The summed E-state index contributed by atoms with van der Waals surface area (Å²) in [7, 11) is 0. The Hall–Kier alpha value is -1.71. The fraction of sp³-hybridized carbons (Fsp3) is 0.480. The number of benzene rings is 2. The fourth-order valence-corrected chi connectivity index (χ4v) is 6.10. The first-order chi connectivity index (χ1) is 14.2. The Morgan fingerprint density at radius 3 is 2.47 bits per heavy atom. The van der Waals surface area contributed by atoms with E-state index in [1.54, 1.807) is 0 Å². The maximum absolute atomic E-state index is 12.9. The van der Waals surface area contributed by atoms with Gasteiger partial charge in [-0.2, -0.15) is 0 Å². The summed E-state index contributed by atoms with van der Waals surface area (Å²) < 4.78 is 5.82. The number of carbonyl (C=O) groups is 1. The van der Waals surface area contributed by atoms with Crippen LogP contribution in [0.1, 0.15) is 63.5 Å². The molecule has 1 aliphatic carbocycles. The van der Waals surface area contributed by atoms with Gasteiger partial charge in [0.2, 0.25) is 5.91 Å². The van der Waals surface area contributed by atoms with E-state index in [1.165, 1.54) is 5.56 Å². The van der Waals surface area contributed by atoms with Gasteiger partial charge in [-0.05, 0) is 80.8 Å². The number of halogens is 2. The SMILES string of the molecule is CC(C)Oc1ccc([C@@H]2CC[C@@]3(C)C(=O)N[C@H](C)[C@H]3[C@H]2c2ccc(Cl)cc2)c(Cl)c1. The molecule has 1 amide bonds. The normalized spacial score (nSPS) is 30.8. The molecule has 0 aromatic heterocycles. The minimum absolute atomic E-state index is 0.0977. The van der Waals surface area contributed by atoms with Gasteiger partial charge in [0.1, 0.15) is 5.75 Å². The molecule has 3 nitrogen and oxygen atoms in total. The second-order valence-electron chi connectivity index (χ2n) is 9.28. The van der Waals surface area contributed by atoms with Crippen LogP contribution in [-0.2, 0) is 4.79 Å². The van der Waals surface area contributed by atoms with Crippen LogP contribution in [-0.4, -0.2) is 18.1 Å². The van der Waals surface area contributed by atoms with Crippen LogP contribution in [0.3, 0.4) is 0 Å². The zero-order chi connectivity index (χ0) is 21.6. The van der Waals surface area contributed by atoms with Crippen LogP contribution in [0.2, 0.25) is 10.0 Å². The molecule has 2 aromatic rings. The van der Waals surface area contributed by atoms with Gasteiger partial charge >= 0.3 is 0 Å². The Balaban J connectivity index is 1.79. The number of carbonyl (C=O) groups excluding carboxylic acids is 1. The predicted octanol–water partition coefficient (Wildman–Crippen LogP) is 6.58. The highest BCUT2D eigenvalue weighted by atomic mass is 35.5. The van der Waals surface area contributed by atoms with Crippen molar-refractivity contribution < 1.29 is 9.53 Å². The van der Waals surface area contributed by atoms with Crippen molar-refractivity contribution in [1.29, 1.82) is 0 Å². The zero-order valence-electron chi connectivity index (χ0n) is 17.9. The lowest BCUT2D eigenvalue weighted by Gasteiger charge is -2.46. The molecular weight excluding hydrogens is 417 g/mol. The van der Waals surface area contributed by atoms with Crippen molar-refractivity contribution in [3.63, 3.8) is 0 Å². The molecule has 1 heterocycles. The third kappa shape index (κ3) is 3.71. The van der Waals surface area contributed by atoms with E-state index in [2.05, 4.69) is 37.4 Å². The molecule has 160 valence electrons. The molecule has 5 heteroatoms. The number of ether oxygens (including phenoxy) is 1. The van der Waals surface area contributed by atoms with E-state index >= 15 is 0 Å². The summed E-state index contributed by atoms with van der Waals surface area (Å²) in [4.78, 5) is 12.9. The van der Waals surface area contributed by atoms with E-state index in [0.29, 0.717) is 0 Å². The van der Waals surface area contributed by atoms with Crippen molar-refractivity contribution in [3.8, 4) is 5.75 Å². The van der Waals surface area contributed by atoms with Crippen LogP contribution in [0.5, 0.6) is 5.75 Å². The number of rotatable bonds is 4.